The molecule has 1 fully saturated rings. The second kappa shape index (κ2) is 5.37. The van der Waals surface area contributed by atoms with Gasteiger partial charge in [0, 0.05) is 5.69 Å². The van der Waals surface area contributed by atoms with Crippen LogP contribution in [-0.4, -0.2) is 18.6 Å². The van der Waals surface area contributed by atoms with Crippen molar-refractivity contribution in [1.82, 2.24) is 0 Å². The van der Waals surface area contributed by atoms with Crippen LogP contribution in [0.5, 0.6) is 0 Å². The van der Waals surface area contributed by atoms with E-state index in [9.17, 15) is 4.79 Å². The number of para-hydroxylation sites is 1. The molecule has 0 aliphatic carbocycles. The molecule has 1 aliphatic rings. The van der Waals surface area contributed by atoms with E-state index in [2.05, 4.69) is 17.0 Å². The summed E-state index contributed by atoms with van der Waals surface area (Å²) in [6.45, 7) is 2.25. The Bertz CT molecular complexity index is 537. The predicted octanol–water partition coefficient (Wildman–Crippen LogP) is 3.18. The first-order chi connectivity index (χ1) is 9.83. The summed E-state index contributed by atoms with van der Waals surface area (Å²) >= 11 is 0. The number of rotatable bonds is 4. The number of ether oxygens (including phenoxy) is 1. The van der Waals surface area contributed by atoms with E-state index < -0.39 is 0 Å². The van der Waals surface area contributed by atoms with Gasteiger partial charge in [-0.05, 0) is 24.6 Å². The lowest BCUT2D eigenvalue weighted by Crippen LogP contribution is -2.15. The third kappa shape index (κ3) is 2.27. The van der Waals surface area contributed by atoms with Gasteiger partial charge in [-0.2, -0.15) is 0 Å². The van der Waals surface area contributed by atoms with Gasteiger partial charge < -0.3 is 9.64 Å². The van der Waals surface area contributed by atoms with Crippen LogP contribution < -0.4 is 4.90 Å². The zero-order valence-electron chi connectivity index (χ0n) is 11.4. The minimum absolute atomic E-state index is 0.0812. The number of anilines is 1. The van der Waals surface area contributed by atoms with Crippen LogP contribution in [0.1, 0.15) is 18.5 Å². The van der Waals surface area contributed by atoms with Crippen LogP contribution in [0, 0.1) is 0 Å². The molecule has 3 heteroatoms. The second-order valence-electron chi connectivity index (χ2n) is 4.80. The summed E-state index contributed by atoms with van der Waals surface area (Å²) in [7, 11) is 0. The molecule has 20 heavy (non-hydrogen) atoms. The van der Waals surface area contributed by atoms with Gasteiger partial charge in [-0.3, -0.25) is 0 Å². The van der Waals surface area contributed by atoms with Crippen LogP contribution in [0.2, 0.25) is 0 Å². The first-order valence-corrected chi connectivity index (χ1v) is 6.88. The molecule has 0 N–H and O–H groups in total. The summed E-state index contributed by atoms with van der Waals surface area (Å²) < 4.78 is 5.19. The van der Waals surface area contributed by atoms with E-state index in [1.165, 1.54) is 0 Å². The molecule has 1 aliphatic heterocycles. The predicted molar refractivity (Wildman–Crippen MR) is 78.5 cm³/mol. The third-order valence-corrected chi connectivity index (χ3v) is 3.53. The van der Waals surface area contributed by atoms with Crippen molar-refractivity contribution < 1.29 is 9.53 Å². The molecule has 0 saturated carbocycles. The van der Waals surface area contributed by atoms with Gasteiger partial charge in [-0.25, -0.2) is 4.79 Å². The number of carbonyl (C=O) groups excluding carboxylic acids is 1. The summed E-state index contributed by atoms with van der Waals surface area (Å²) in [5, 5.41) is 0. The molecule has 0 amide bonds. The lowest BCUT2D eigenvalue weighted by molar-refractivity contribution is -0.142. The monoisotopic (exact) mass is 267 g/mol. The van der Waals surface area contributed by atoms with Crippen LogP contribution in [0.25, 0.3) is 0 Å². The van der Waals surface area contributed by atoms with Gasteiger partial charge in [-0.1, -0.05) is 48.5 Å². The Balaban J connectivity index is 1.89. The van der Waals surface area contributed by atoms with Crippen molar-refractivity contribution in [2.75, 3.05) is 11.5 Å². The molecule has 3 nitrogen and oxygen atoms in total. The second-order valence-corrected chi connectivity index (χ2v) is 4.80. The molecule has 1 heterocycles. The quantitative estimate of drug-likeness (QED) is 0.629. The van der Waals surface area contributed by atoms with E-state index in [4.69, 9.17) is 4.74 Å². The molecule has 2 atom stereocenters. The molecule has 3 rings (SSSR count). The van der Waals surface area contributed by atoms with Crippen molar-refractivity contribution >= 4 is 11.7 Å². The van der Waals surface area contributed by atoms with Crippen molar-refractivity contribution in [3.8, 4) is 0 Å². The van der Waals surface area contributed by atoms with E-state index >= 15 is 0 Å². The number of hydrogen-bond donors (Lipinski definition) is 0. The van der Waals surface area contributed by atoms with Crippen LogP contribution in [0.4, 0.5) is 5.69 Å². The smallest absolute Gasteiger partial charge is 0.331 e. The van der Waals surface area contributed by atoms with Crippen molar-refractivity contribution in [1.29, 1.82) is 0 Å². The Morgan fingerprint density at radius 1 is 1.05 bits per heavy atom. The summed E-state index contributed by atoms with van der Waals surface area (Å²) in [6.07, 6.45) is 0. The Kier molecular flexibility index (Phi) is 3.42. The molecule has 0 spiro atoms. The maximum Gasteiger partial charge on any atom is 0.331 e. The fourth-order valence-corrected chi connectivity index (χ4v) is 2.62. The van der Waals surface area contributed by atoms with Crippen LogP contribution >= 0.6 is 0 Å². The molecule has 0 aromatic heterocycles. The van der Waals surface area contributed by atoms with E-state index in [0.717, 1.165) is 11.3 Å². The number of esters is 1. The molecule has 102 valence electrons. The fourth-order valence-electron chi connectivity index (χ4n) is 2.62. The minimum Gasteiger partial charge on any atom is -0.464 e. The maximum absolute atomic E-state index is 12.1. The molecule has 2 aromatic rings. The highest BCUT2D eigenvalue weighted by Gasteiger charge is 2.54. The highest BCUT2D eigenvalue weighted by atomic mass is 16.5. The molecule has 0 radical (unpaired) electrons. The van der Waals surface area contributed by atoms with Gasteiger partial charge in [0.15, 0.2) is 6.04 Å². The van der Waals surface area contributed by atoms with Crippen molar-refractivity contribution in [3.05, 3.63) is 66.2 Å². The molecule has 0 bridgehead atoms. The van der Waals surface area contributed by atoms with E-state index in [1.807, 2.05) is 55.5 Å². The van der Waals surface area contributed by atoms with Crippen molar-refractivity contribution in [3.63, 3.8) is 0 Å². The normalized spacial score (nSPS) is 20.6. The summed E-state index contributed by atoms with van der Waals surface area (Å²) in [4.78, 5) is 14.2. The van der Waals surface area contributed by atoms with Gasteiger partial charge in [0.1, 0.15) is 0 Å². The first kappa shape index (κ1) is 12.7. The topological polar surface area (TPSA) is 29.3 Å². The molecule has 1 saturated heterocycles. The molecule has 2 unspecified atom stereocenters. The van der Waals surface area contributed by atoms with Gasteiger partial charge in [0.05, 0.1) is 12.6 Å². The molecular formula is C17H17NO2. The fraction of sp³-hybridized carbons (Fsp3) is 0.235. The lowest BCUT2D eigenvalue weighted by atomic mass is 10.1. The van der Waals surface area contributed by atoms with Gasteiger partial charge >= 0.3 is 5.97 Å². The highest BCUT2D eigenvalue weighted by molar-refractivity contribution is 5.88. The standard InChI is InChI=1S/C17H17NO2/c1-2-20-17(19)16-15(13-9-5-3-6-10-13)18(16)14-11-7-4-8-12-14/h3-12,15-16H,2H2,1H3. The number of carbonyl (C=O) groups is 1. The average Bonchev–Trinajstić information content (AvgIpc) is 3.25. The number of hydrogen-bond acceptors (Lipinski definition) is 3. The number of nitrogens with zero attached hydrogens (tertiary/aromatic N) is 1. The zero-order chi connectivity index (χ0) is 13.9. The largest absolute Gasteiger partial charge is 0.464 e. The minimum atomic E-state index is -0.209. The van der Waals surface area contributed by atoms with E-state index in [1.54, 1.807) is 0 Å². The van der Waals surface area contributed by atoms with E-state index in [0.29, 0.717) is 6.61 Å². The van der Waals surface area contributed by atoms with Crippen molar-refractivity contribution in [2.45, 2.75) is 19.0 Å². The number of benzene rings is 2. The summed E-state index contributed by atoms with van der Waals surface area (Å²) in [5.74, 6) is -0.148. The van der Waals surface area contributed by atoms with Crippen LogP contribution in [0.15, 0.2) is 60.7 Å². The Morgan fingerprint density at radius 3 is 2.25 bits per heavy atom. The van der Waals surface area contributed by atoms with E-state index in [-0.39, 0.29) is 18.1 Å². The van der Waals surface area contributed by atoms with Gasteiger partial charge in [0.25, 0.3) is 0 Å². The van der Waals surface area contributed by atoms with Gasteiger partial charge in [-0.15, -0.1) is 0 Å². The maximum atomic E-state index is 12.1. The first-order valence-electron chi connectivity index (χ1n) is 6.88. The van der Waals surface area contributed by atoms with Crippen LogP contribution in [-0.2, 0) is 9.53 Å². The summed E-state index contributed by atoms with van der Waals surface area (Å²) in [5.41, 5.74) is 2.20. The summed E-state index contributed by atoms with van der Waals surface area (Å²) in [6, 6.07) is 20.0. The van der Waals surface area contributed by atoms with Gasteiger partial charge in [0.2, 0.25) is 0 Å². The Morgan fingerprint density at radius 2 is 1.65 bits per heavy atom. The highest BCUT2D eigenvalue weighted by Crippen LogP contribution is 2.47. The Labute approximate surface area is 118 Å². The lowest BCUT2D eigenvalue weighted by Gasteiger charge is -2.05. The SMILES string of the molecule is CCOC(=O)C1C(c2ccccc2)N1c1ccccc1. The van der Waals surface area contributed by atoms with Crippen LogP contribution in [0.3, 0.4) is 0 Å². The molecule has 2 aromatic carbocycles. The van der Waals surface area contributed by atoms with Crippen molar-refractivity contribution in [2.24, 2.45) is 0 Å². The molecular weight excluding hydrogens is 250 g/mol. The Hall–Kier alpha value is -2.29. The third-order valence-electron chi connectivity index (χ3n) is 3.53. The zero-order valence-corrected chi connectivity index (χ0v) is 11.4. The average molecular weight is 267 g/mol.